The van der Waals surface area contributed by atoms with Crippen LogP contribution < -0.4 is 11.2 Å². The van der Waals surface area contributed by atoms with E-state index in [4.69, 9.17) is 4.52 Å². The van der Waals surface area contributed by atoms with Gasteiger partial charge in [0.1, 0.15) is 0 Å². The number of H-pyrrole nitrogens is 1. The largest absolute Gasteiger partial charge is 0.354 e. The fourth-order valence-electron chi connectivity index (χ4n) is 4.55. The maximum Gasteiger partial charge on any atom is 0.334 e. The van der Waals surface area contributed by atoms with E-state index in [9.17, 15) is 18.0 Å². The van der Waals surface area contributed by atoms with Crippen molar-refractivity contribution < 1.29 is 12.9 Å². The van der Waals surface area contributed by atoms with E-state index in [0.717, 1.165) is 18.4 Å². The standard InChI is InChI=1S/C21H26N6O5S/c1-15-13-26(33(30,31)25-7-2-3-8-25)11-10-24(15)14-16-4-5-18-17(12-16)20(23-32-18)27-9-6-19(28)22-21(27)29/h4-6,9,12,15H,2-3,7-8,10-11,13-14H2,1H3,(H,22,28,29). The number of fused-ring (bicyclic) bond motifs is 1. The Kier molecular flexibility index (Phi) is 5.69. The molecule has 0 bridgehead atoms. The van der Waals surface area contributed by atoms with Crippen LogP contribution in [0.25, 0.3) is 16.8 Å². The van der Waals surface area contributed by atoms with Gasteiger partial charge in [-0.1, -0.05) is 11.2 Å². The van der Waals surface area contributed by atoms with Crippen molar-refractivity contribution >= 4 is 21.2 Å². The van der Waals surface area contributed by atoms with Gasteiger partial charge in [0.05, 0.1) is 5.39 Å². The second-order valence-electron chi connectivity index (χ2n) is 8.61. The number of benzene rings is 1. The minimum atomic E-state index is -3.39. The van der Waals surface area contributed by atoms with E-state index in [1.807, 2.05) is 19.1 Å². The number of aromatic nitrogens is 3. The van der Waals surface area contributed by atoms with Crippen LogP contribution in [0.4, 0.5) is 0 Å². The molecular weight excluding hydrogens is 448 g/mol. The molecule has 5 rings (SSSR count). The molecule has 0 amide bonds. The molecule has 176 valence electrons. The quantitative estimate of drug-likeness (QED) is 0.571. The molecule has 4 heterocycles. The Morgan fingerprint density at radius 1 is 1.09 bits per heavy atom. The Morgan fingerprint density at radius 3 is 2.61 bits per heavy atom. The van der Waals surface area contributed by atoms with Gasteiger partial charge in [-0.2, -0.15) is 17.0 Å². The summed E-state index contributed by atoms with van der Waals surface area (Å²) in [7, 11) is -3.39. The number of piperazine rings is 1. The Balaban J connectivity index is 1.34. The Morgan fingerprint density at radius 2 is 1.88 bits per heavy atom. The van der Waals surface area contributed by atoms with E-state index in [1.54, 1.807) is 14.7 Å². The van der Waals surface area contributed by atoms with Gasteiger partial charge in [-0.15, -0.1) is 0 Å². The zero-order chi connectivity index (χ0) is 23.2. The average molecular weight is 475 g/mol. The highest BCUT2D eigenvalue weighted by molar-refractivity contribution is 7.86. The summed E-state index contributed by atoms with van der Waals surface area (Å²) in [6.45, 7) is 5.41. The predicted molar refractivity (Wildman–Crippen MR) is 121 cm³/mol. The van der Waals surface area contributed by atoms with Crippen LogP contribution in [-0.2, 0) is 16.8 Å². The van der Waals surface area contributed by atoms with Crippen molar-refractivity contribution in [1.82, 2.24) is 28.2 Å². The summed E-state index contributed by atoms with van der Waals surface area (Å²) < 4.78 is 35.6. The summed E-state index contributed by atoms with van der Waals surface area (Å²) in [4.78, 5) is 28.0. The zero-order valence-corrected chi connectivity index (χ0v) is 19.1. The molecule has 0 aliphatic carbocycles. The monoisotopic (exact) mass is 474 g/mol. The van der Waals surface area contributed by atoms with E-state index in [2.05, 4.69) is 15.0 Å². The fourth-order valence-corrected chi connectivity index (χ4v) is 6.31. The van der Waals surface area contributed by atoms with Crippen LogP contribution in [0.3, 0.4) is 0 Å². The lowest BCUT2D eigenvalue weighted by molar-refractivity contribution is 0.118. The van der Waals surface area contributed by atoms with Crippen LogP contribution in [0.5, 0.6) is 0 Å². The number of rotatable bonds is 5. The molecule has 1 N–H and O–H groups in total. The summed E-state index contributed by atoms with van der Waals surface area (Å²) in [5.41, 5.74) is 0.449. The molecule has 2 aliphatic rings. The molecule has 0 spiro atoms. The molecule has 2 aromatic heterocycles. The normalized spacial score (nSPS) is 21.2. The molecule has 0 radical (unpaired) electrons. The van der Waals surface area contributed by atoms with Gasteiger partial charge in [-0.3, -0.25) is 14.7 Å². The number of nitrogens with one attached hydrogen (secondary N) is 1. The van der Waals surface area contributed by atoms with Gasteiger partial charge in [0.2, 0.25) is 0 Å². The summed E-state index contributed by atoms with van der Waals surface area (Å²) in [5, 5.41) is 4.66. The van der Waals surface area contributed by atoms with Gasteiger partial charge in [-0.05, 0) is 37.5 Å². The Labute approximate surface area is 190 Å². The molecule has 2 saturated heterocycles. The molecule has 1 aromatic carbocycles. The minimum Gasteiger partial charge on any atom is -0.354 e. The second kappa shape index (κ2) is 8.52. The van der Waals surface area contributed by atoms with Crippen molar-refractivity contribution in [2.45, 2.75) is 32.4 Å². The highest BCUT2D eigenvalue weighted by Gasteiger charge is 2.36. The molecule has 11 nitrogen and oxygen atoms in total. The first-order chi connectivity index (χ1) is 15.8. The fraction of sp³-hybridized carbons (Fsp3) is 0.476. The molecule has 12 heteroatoms. The summed E-state index contributed by atoms with van der Waals surface area (Å²) in [6.07, 6.45) is 3.22. The molecule has 33 heavy (non-hydrogen) atoms. The van der Waals surface area contributed by atoms with Crippen molar-refractivity contribution in [3.05, 3.63) is 56.9 Å². The third kappa shape index (κ3) is 4.14. The van der Waals surface area contributed by atoms with E-state index < -0.39 is 21.5 Å². The molecular formula is C21H26N6O5S. The average Bonchev–Trinajstić information content (AvgIpc) is 3.46. The molecule has 3 aromatic rings. The number of aromatic amines is 1. The Hall–Kier alpha value is -2.80. The summed E-state index contributed by atoms with van der Waals surface area (Å²) >= 11 is 0. The smallest absolute Gasteiger partial charge is 0.334 e. The molecule has 1 unspecified atom stereocenters. The minimum absolute atomic E-state index is 0.0515. The van der Waals surface area contributed by atoms with E-state index in [1.165, 1.54) is 16.8 Å². The second-order valence-corrected chi connectivity index (χ2v) is 10.5. The van der Waals surface area contributed by atoms with Crippen molar-refractivity contribution in [3.8, 4) is 5.82 Å². The third-order valence-electron chi connectivity index (χ3n) is 6.40. The summed E-state index contributed by atoms with van der Waals surface area (Å²) in [5.74, 6) is 0.308. The number of hydrogen-bond donors (Lipinski definition) is 1. The van der Waals surface area contributed by atoms with Crippen LogP contribution >= 0.6 is 0 Å². The first-order valence-electron chi connectivity index (χ1n) is 11.0. The third-order valence-corrected chi connectivity index (χ3v) is 8.40. The lowest BCUT2D eigenvalue weighted by Gasteiger charge is -2.40. The molecule has 1 atom stereocenters. The van der Waals surface area contributed by atoms with Gasteiger partial charge >= 0.3 is 5.69 Å². The maximum absolute atomic E-state index is 12.9. The highest BCUT2D eigenvalue weighted by Crippen LogP contribution is 2.25. The van der Waals surface area contributed by atoms with Gasteiger partial charge in [0.15, 0.2) is 11.4 Å². The van der Waals surface area contributed by atoms with Gasteiger partial charge in [0.25, 0.3) is 15.8 Å². The first-order valence-corrected chi connectivity index (χ1v) is 12.4. The summed E-state index contributed by atoms with van der Waals surface area (Å²) in [6, 6.07) is 6.96. The van der Waals surface area contributed by atoms with E-state index in [-0.39, 0.29) is 6.04 Å². The molecule has 2 fully saturated rings. The number of nitrogens with zero attached hydrogens (tertiary/aromatic N) is 5. The number of hydrogen-bond acceptors (Lipinski definition) is 7. The lowest BCUT2D eigenvalue weighted by Crippen LogP contribution is -2.55. The van der Waals surface area contributed by atoms with Crippen molar-refractivity contribution in [2.75, 3.05) is 32.7 Å². The topological polar surface area (TPSA) is 125 Å². The predicted octanol–water partition coefficient (Wildman–Crippen LogP) is 0.514. The van der Waals surface area contributed by atoms with Crippen molar-refractivity contribution in [3.63, 3.8) is 0 Å². The molecule has 0 saturated carbocycles. The van der Waals surface area contributed by atoms with Crippen LogP contribution in [0.2, 0.25) is 0 Å². The van der Waals surface area contributed by atoms with Crippen molar-refractivity contribution in [2.24, 2.45) is 0 Å². The highest BCUT2D eigenvalue weighted by atomic mass is 32.2. The SMILES string of the molecule is CC1CN(S(=O)(=O)N2CCCC2)CCN1Cc1ccc2onc(-n3ccc(=O)[nH]c3=O)c2c1. The van der Waals surface area contributed by atoms with Crippen LogP contribution in [-0.4, -0.2) is 75.4 Å². The van der Waals surface area contributed by atoms with E-state index >= 15 is 0 Å². The first kappa shape index (κ1) is 22.0. The van der Waals surface area contributed by atoms with Crippen LogP contribution in [0, 0.1) is 0 Å². The van der Waals surface area contributed by atoms with E-state index in [0.29, 0.717) is 56.1 Å². The lowest BCUT2D eigenvalue weighted by atomic mass is 10.1. The zero-order valence-electron chi connectivity index (χ0n) is 18.3. The Bertz CT molecular complexity index is 1390. The maximum atomic E-state index is 12.9. The van der Waals surface area contributed by atoms with Crippen LogP contribution in [0.15, 0.2) is 44.6 Å². The van der Waals surface area contributed by atoms with Gasteiger partial charge in [-0.25, -0.2) is 9.36 Å². The van der Waals surface area contributed by atoms with Crippen LogP contribution in [0.1, 0.15) is 25.3 Å². The van der Waals surface area contributed by atoms with Crippen molar-refractivity contribution in [1.29, 1.82) is 0 Å². The van der Waals surface area contributed by atoms with Gasteiger partial charge in [0, 0.05) is 57.6 Å². The molecule has 2 aliphatic heterocycles. The van der Waals surface area contributed by atoms with Gasteiger partial charge < -0.3 is 4.52 Å².